The number of carbonyl (C=O) groups is 1. The summed E-state index contributed by atoms with van der Waals surface area (Å²) in [6.45, 7) is 3.35. The number of rotatable bonds is 9. The quantitative estimate of drug-likeness (QED) is 0.341. The van der Waals surface area contributed by atoms with Crippen molar-refractivity contribution in [2.75, 3.05) is 39.2 Å². The number of guanidine groups is 1. The zero-order valence-electron chi connectivity index (χ0n) is 16.9. The lowest BCUT2D eigenvalue weighted by molar-refractivity contribution is -0.120. The number of nitrogens with zero attached hydrogens (tertiary/aromatic N) is 1. The van der Waals surface area contributed by atoms with Crippen molar-refractivity contribution < 1.29 is 18.7 Å². The summed E-state index contributed by atoms with van der Waals surface area (Å²) < 4.78 is 23.7. The van der Waals surface area contributed by atoms with Crippen LogP contribution in [0.4, 0.5) is 10.1 Å². The monoisotopic (exact) mass is 402 g/mol. The van der Waals surface area contributed by atoms with Crippen LogP contribution in [0.25, 0.3) is 0 Å². The van der Waals surface area contributed by atoms with Crippen molar-refractivity contribution in [2.24, 2.45) is 4.99 Å². The first kappa shape index (κ1) is 22.0. The number of methoxy groups -OCH3 is 1. The third-order valence-electron chi connectivity index (χ3n) is 3.97. The third-order valence-corrected chi connectivity index (χ3v) is 3.97. The lowest BCUT2D eigenvalue weighted by Gasteiger charge is -2.15. The maximum atomic E-state index is 12.9. The van der Waals surface area contributed by atoms with Crippen molar-refractivity contribution in [3.05, 3.63) is 53.8 Å². The van der Waals surface area contributed by atoms with Crippen molar-refractivity contribution in [1.82, 2.24) is 10.6 Å². The predicted octanol–water partition coefficient (Wildman–Crippen LogP) is 2.58. The lowest BCUT2D eigenvalue weighted by Crippen LogP contribution is -2.38. The molecular formula is C21H27FN4O3. The second-order valence-corrected chi connectivity index (χ2v) is 6.08. The Morgan fingerprint density at radius 3 is 2.45 bits per heavy atom. The second-order valence-electron chi connectivity index (χ2n) is 6.08. The third kappa shape index (κ3) is 7.33. The van der Waals surface area contributed by atoms with Crippen molar-refractivity contribution >= 4 is 17.6 Å². The van der Waals surface area contributed by atoms with E-state index in [1.165, 1.54) is 12.1 Å². The van der Waals surface area contributed by atoms with Gasteiger partial charge in [-0.25, -0.2) is 4.39 Å². The minimum atomic E-state index is -0.317. The van der Waals surface area contributed by atoms with Crippen molar-refractivity contribution in [2.45, 2.75) is 13.3 Å². The Hall–Kier alpha value is -3.29. The zero-order valence-corrected chi connectivity index (χ0v) is 16.9. The van der Waals surface area contributed by atoms with Crippen LogP contribution in [0.3, 0.4) is 0 Å². The molecule has 0 radical (unpaired) electrons. The molecule has 0 spiro atoms. The molecule has 0 aliphatic carbocycles. The molecule has 0 unspecified atom stereocenters. The number of carbonyl (C=O) groups excluding carboxylic acids is 1. The van der Waals surface area contributed by atoms with E-state index in [2.05, 4.69) is 20.9 Å². The Morgan fingerprint density at radius 2 is 1.79 bits per heavy atom. The van der Waals surface area contributed by atoms with E-state index in [0.29, 0.717) is 37.2 Å². The highest BCUT2D eigenvalue weighted by Crippen LogP contribution is 2.30. The minimum absolute atomic E-state index is 0.127. The molecule has 0 fully saturated rings. The summed E-state index contributed by atoms with van der Waals surface area (Å²) in [6, 6.07) is 11.4. The standard InChI is InChI=1S/C21H27FN4O3/c1-4-29-19-14-17(9-10-18(19)28-3)26-21(23-2)25-12-11-24-20(27)13-15-5-7-16(22)8-6-15/h5-10,14H,4,11-13H2,1-3H3,(H,24,27)(H2,23,25,26). The Kier molecular flexibility index (Phi) is 8.75. The van der Waals surface area contributed by atoms with E-state index in [1.54, 1.807) is 26.3 Å². The van der Waals surface area contributed by atoms with Crippen LogP contribution in [0.1, 0.15) is 12.5 Å². The van der Waals surface area contributed by atoms with Crippen LogP contribution in [0.2, 0.25) is 0 Å². The van der Waals surface area contributed by atoms with Gasteiger partial charge in [-0.15, -0.1) is 0 Å². The molecule has 0 aliphatic rings. The van der Waals surface area contributed by atoms with E-state index in [0.717, 1.165) is 11.3 Å². The number of benzene rings is 2. The molecule has 0 saturated heterocycles. The Balaban J connectivity index is 1.78. The summed E-state index contributed by atoms with van der Waals surface area (Å²) in [7, 11) is 3.26. The van der Waals surface area contributed by atoms with Crippen molar-refractivity contribution in [3.8, 4) is 11.5 Å². The molecule has 0 aromatic heterocycles. The number of aliphatic imine (C=N–C) groups is 1. The van der Waals surface area contributed by atoms with Gasteiger partial charge in [-0.2, -0.15) is 0 Å². The number of hydrogen-bond acceptors (Lipinski definition) is 4. The fourth-order valence-electron chi connectivity index (χ4n) is 2.57. The van der Waals surface area contributed by atoms with E-state index < -0.39 is 0 Å². The van der Waals surface area contributed by atoms with Gasteiger partial charge in [-0.05, 0) is 36.8 Å². The molecule has 2 rings (SSSR count). The normalized spacial score (nSPS) is 11.0. The van der Waals surface area contributed by atoms with Crippen LogP contribution in [0.5, 0.6) is 11.5 Å². The maximum absolute atomic E-state index is 12.9. The number of hydrogen-bond donors (Lipinski definition) is 3. The Morgan fingerprint density at radius 1 is 1.07 bits per heavy atom. The summed E-state index contributed by atoms with van der Waals surface area (Å²) >= 11 is 0. The van der Waals surface area contributed by atoms with Gasteiger partial charge in [0.2, 0.25) is 5.91 Å². The van der Waals surface area contributed by atoms with Crippen LogP contribution in [0, 0.1) is 5.82 Å². The minimum Gasteiger partial charge on any atom is -0.493 e. The van der Waals surface area contributed by atoms with Crippen LogP contribution >= 0.6 is 0 Å². The summed E-state index contributed by atoms with van der Waals surface area (Å²) in [5.74, 6) is 1.42. The molecule has 0 atom stereocenters. The fraction of sp³-hybridized carbons (Fsp3) is 0.333. The van der Waals surface area contributed by atoms with Gasteiger partial charge in [0.1, 0.15) is 5.82 Å². The number of anilines is 1. The smallest absolute Gasteiger partial charge is 0.224 e. The summed E-state index contributed by atoms with van der Waals surface area (Å²) in [5, 5.41) is 9.11. The van der Waals surface area contributed by atoms with Gasteiger partial charge in [0.15, 0.2) is 17.5 Å². The summed E-state index contributed by atoms with van der Waals surface area (Å²) in [5.41, 5.74) is 1.56. The first-order valence-corrected chi connectivity index (χ1v) is 9.35. The Bertz CT molecular complexity index is 825. The van der Waals surface area contributed by atoms with Crippen LogP contribution in [-0.2, 0) is 11.2 Å². The number of halogens is 1. The molecule has 29 heavy (non-hydrogen) atoms. The highest BCUT2D eigenvalue weighted by Gasteiger charge is 2.07. The predicted molar refractivity (Wildman–Crippen MR) is 112 cm³/mol. The SMILES string of the molecule is CCOc1cc(NC(=NC)NCCNC(=O)Cc2ccc(F)cc2)ccc1OC. The summed E-state index contributed by atoms with van der Waals surface area (Å²) in [6.07, 6.45) is 0.208. The second kappa shape index (κ2) is 11.5. The largest absolute Gasteiger partial charge is 0.493 e. The highest BCUT2D eigenvalue weighted by atomic mass is 19.1. The highest BCUT2D eigenvalue weighted by molar-refractivity contribution is 5.93. The van der Waals surface area contributed by atoms with Gasteiger partial charge >= 0.3 is 0 Å². The van der Waals surface area contributed by atoms with E-state index in [-0.39, 0.29) is 18.1 Å². The van der Waals surface area contributed by atoms with Gasteiger partial charge in [0, 0.05) is 31.9 Å². The fourth-order valence-corrected chi connectivity index (χ4v) is 2.57. The summed E-state index contributed by atoms with van der Waals surface area (Å²) in [4.78, 5) is 16.1. The molecule has 7 nitrogen and oxygen atoms in total. The molecule has 0 aliphatic heterocycles. The first-order valence-electron chi connectivity index (χ1n) is 9.35. The molecule has 8 heteroatoms. The number of ether oxygens (including phenoxy) is 2. The van der Waals surface area contributed by atoms with E-state index in [1.807, 2.05) is 25.1 Å². The maximum Gasteiger partial charge on any atom is 0.224 e. The van der Waals surface area contributed by atoms with Crippen LogP contribution in [0.15, 0.2) is 47.5 Å². The zero-order chi connectivity index (χ0) is 21.1. The van der Waals surface area contributed by atoms with E-state index in [4.69, 9.17) is 9.47 Å². The van der Waals surface area contributed by atoms with Crippen LogP contribution in [-0.4, -0.2) is 45.7 Å². The average Bonchev–Trinajstić information content (AvgIpc) is 2.72. The lowest BCUT2D eigenvalue weighted by atomic mass is 10.1. The van der Waals surface area contributed by atoms with Crippen molar-refractivity contribution in [1.29, 1.82) is 0 Å². The van der Waals surface area contributed by atoms with E-state index in [9.17, 15) is 9.18 Å². The number of amides is 1. The van der Waals surface area contributed by atoms with Gasteiger partial charge in [0.25, 0.3) is 0 Å². The van der Waals surface area contributed by atoms with Gasteiger partial charge < -0.3 is 25.4 Å². The molecular weight excluding hydrogens is 375 g/mol. The molecule has 0 bridgehead atoms. The molecule has 0 saturated carbocycles. The van der Waals surface area contributed by atoms with Crippen LogP contribution < -0.4 is 25.4 Å². The molecule has 156 valence electrons. The average molecular weight is 402 g/mol. The topological polar surface area (TPSA) is 84.0 Å². The first-order chi connectivity index (χ1) is 14.0. The Labute approximate surface area is 170 Å². The number of nitrogens with one attached hydrogen (secondary N) is 3. The molecule has 2 aromatic carbocycles. The van der Waals surface area contributed by atoms with Gasteiger partial charge in [-0.3, -0.25) is 9.79 Å². The van der Waals surface area contributed by atoms with Crippen molar-refractivity contribution in [3.63, 3.8) is 0 Å². The molecule has 1 amide bonds. The van der Waals surface area contributed by atoms with E-state index >= 15 is 0 Å². The molecule has 3 N–H and O–H groups in total. The molecule has 2 aromatic rings. The molecule has 0 heterocycles. The van der Waals surface area contributed by atoms with Gasteiger partial charge in [0.05, 0.1) is 20.1 Å². The van der Waals surface area contributed by atoms with Gasteiger partial charge in [-0.1, -0.05) is 12.1 Å².